The Balaban J connectivity index is 2.30. The SMILES string of the molecule is CC(C)OC(=O)CN1C(=O)S/C(=C\c2cc(Br)cc(Br)c2OCC(=O)O)C1=O. The predicted molar refractivity (Wildman–Crippen MR) is 109 cm³/mol. The van der Waals surface area contributed by atoms with Crippen molar-refractivity contribution in [3.05, 3.63) is 31.5 Å². The highest BCUT2D eigenvalue weighted by molar-refractivity contribution is 9.11. The molecule has 0 radical (unpaired) electrons. The van der Waals surface area contributed by atoms with Crippen molar-refractivity contribution in [2.75, 3.05) is 13.2 Å². The number of hydrogen-bond donors (Lipinski definition) is 1. The summed E-state index contributed by atoms with van der Waals surface area (Å²) >= 11 is 7.26. The lowest BCUT2D eigenvalue weighted by Gasteiger charge is -2.13. The summed E-state index contributed by atoms with van der Waals surface area (Å²) in [7, 11) is 0. The number of amides is 2. The van der Waals surface area contributed by atoms with Crippen LogP contribution in [0.2, 0.25) is 0 Å². The highest BCUT2D eigenvalue weighted by Gasteiger charge is 2.37. The van der Waals surface area contributed by atoms with Crippen molar-refractivity contribution in [1.82, 2.24) is 4.90 Å². The first-order valence-corrected chi connectivity index (χ1v) is 10.3. The van der Waals surface area contributed by atoms with Gasteiger partial charge in [0.25, 0.3) is 11.1 Å². The normalized spacial score (nSPS) is 15.5. The van der Waals surface area contributed by atoms with E-state index < -0.39 is 36.2 Å². The molecule has 150 valence electrons. The predicted octanol–water partition coefficient (Wildman–Crippen LogP) is 3.66. The second-order valence-corrected chi connectivity index (χ2v) is 8.56. The van der Waals surface area contributed by atoms with Crippen LogP contribution in [0.3, 0.4) is 0 Å². The lowest BCUT2D eigenvalue weighted by Crippen LogP contribution is -2.35. The summed E-state index contributed by atoms with van der Waals surface area (Å²) in [5.74, 6) is -2.29. The van der Waals surface area contributed by atoms with Gasteiger partial charge in [0.05, 0.1) is 15.5 Å². The molecule has 1 N–H and O–H groups in total. The van der Waals surface area contributed by atoms with Crippen molar-refractivity contribution in [2.24, 2.45) is 0 Å². The number of carboxylic acids is 1. The molecule has 0 saturated carbocycles. The molecule has 1 aliphatic rings. The van der Waals surface area contributed by atoms with Gasteiger partial charge in [0.15, 0.2) is 6.61 Å². The summed E-state index contributed by atoms with van der Waals surface area (Å²) in [6, 6.07) is 3.27. The van der Waals surface area contributed by atoms with Crippen LogP contribution in [0.4, 0.5) is 4.79 Å². The van der Waals surface area contributed by atoms with Crippen molar-refractivity contribution in [2.45, 2.75) is 20.0 Å². The maximum absolute atomic E-state index is 12.5. The number of carbonyl (C=O) groups excluding carboxylic acids is 3. The van der Waals surface area contributed by atoms with Crippen LogP contribution in [-0.2, 0) is 19.1 Å². The van der Waals surface area contributed by atoms with Crippen molar-refractivity contribution < 1.29 is 33.8 Å². The van der Waals surface area contributed by atoms with E-state index >= 15 is 0 Å². The number of rotatable bonds is 7. The van der Waals surface area contributed by atoms with Crippen LogP contribution in [0.1, 0.15) is 19.4 Å². The monoisotopic (exact) mass is 535 g/mol. The van der Waals surface area contributed by atoms with E-state index in [4.69, 9.17) is 14.6 Å². The molecular weight excluding hydrogens is 522 g/mol. The maximum Gasteiger partial charge on any atom is 0.341 e. The van der Waals surface area contributed by atoms with Crippen molar-refractivity contribution in [3.63, 3.8) is 0 Å². The molecule has 2 rings (SSSR count). The first kappa shape index (κ1) is 22.4. The van der Waals surface area contributed by atoms with E-state index in [-0.39, 0.29) is 16.8 Å². The summed E-state index contributed by atoms with van der Waals surface area (Å²) in [4.78, 5) is 48.1. The van der Waals surface area contributed by atoms with E-state index in [0.717, 1.165) is 4.90 Å². The molecule has 2 amide bonds. The van der Waals surface area contributed by atoms with Gasteiger partial charge in [-0.15, -0.1) is 0 Å². The van der Waals surface area contributed by atoms with Crippen LogP contribution in [0.5, 0.6) is 5.75 Å². The number of aliphatic carboxylic acids is 1. The van der Waals surface area contributed by atoms with Crippen molar-refractivity contribution in [1.29, 1.82) is 0 Å². The van der Waals surface area contributed by atoms with Crippen molar-refractivity contribution >= 4 is 72.8 Å². The molecule has 1 aromatic carbocycles. The molecule has 8 nitrogen and oxygen atoms in total. The molecule has 1 heterocycles. The number of benzene rings is 1. The number of halogens is 2. The molecule has 1 fully saturated rings. The molecule has 0 atom stereocenters. The Morgan fingerprint density at radius 1 is 1.29 bits per heavy atom. The van der Waals surface area contributed by atoms with Crippen LogP contribution in [0, 0.1) is 0 Å². The zero-order valence-electron chi connectivity index (χ0n) is 14.7. The fourth-order valence-corrected chi connectivity index (χ4v) is 4.38. The minimum Gasteiger partial charge on any atom is -0.480 e. The number of nitrogens with zero attached hydrogens (tertiary/aromatic N) is 1. The third kappa shape index (κ3) is 5.82. The van der Waals surface area contributed by atoms with E-state index in [1.807, 2.05) is 0 Å². The highest BCUT2D eigenvalue weighted by Crippen LogP contribution is 2.38. The quantitative estimate of drug-likeness (QED) is 0.415. The zero-order valence-corrected chi connectivity index (χ0v) is 18.7. The Morgan fingerprint density at radius 2 is 1.96 bits per heavy atom. The summed E-state index contributed by atoms with van der Waals surface area (Å²) in [5.41, 5.74) is 0.387. The Bertz CT molecular complexity index is 869. The third-order valence-electron chi connectivity index (χ3n) is 3.19. The summed E-state index contributed by atoms with van der Waals surface area (Å²) in [6.45, 7) is 2.26. The number of imide groups is 1. The van der Waals surface area contributed by atoms with Crippen LogP contribution >= 0.6 is 43.6 Å². The number of thioether (sulfide) groups is 1. The largest absolute Gasteiger partial charge is 0.480 e. The Hall–Kier alpha value is -1.85. The van der Waals surface area contributed by atoms with Gasteiger partial charge in [0, 0.05) is 10.0 Å². The van der Waals surface area contributed by atoms with Gasteiger partial charge in [0.2, 0.25) is 0 Å². The highest BCUT2D eigenvalue weighted by atomic mass is 79.9. The van der Waals surface area contributed by atoms with Gasteiger partial charge in [-0.1, -0.05) is 15.9 Å². The van der Waals surface area contributed by atoms with E-state index in [0.29, 0.717) is 26.3 Å². The average Bonchev–Trinajstić information content (AvgIpc) is 2.80. The third-order valence-corrected chi connectivity index (χ3v) is 5.15. The lowest BCUT2D eigenvalue weighted by atomic mass is 10.2. The Labute approximate surface area is 181 Å². The first-order valence-electron chi connectivity index (χ1n) is 7.87. The molecule has 0 aromatic heterocycles. The van der Waals surface area contributed by atoms with Gasteiger partial charge >= 0.3 is 11.9 Å². The molecule has 1 aromatic rings. The van der Waals surface area contributed by atoms with Crippen molar-refractivity contribution in [3.8, 4) is 5.75 Å². The van der Waals surface area contributed by atoms with Gasteiger partial charge in [-0.3, -0.25) is 19.3 Å². The molecule has 28 heavy (non-hydrogen) atoms. The minimum atomic E-state index is -1.16. The van der Waals surface area contributed by atoms with Gasteiger partial charge in [-0.05, 0) is 59.7 Å². The second-order valence-electron chi connectivity index (χ2n) is 5.79. The summed E-state index contributed by atoms with van der Waals surface area (Å²) < 4.78 is 11.4. The standard InChI is InChI=1S/C17H15Br2NO7S/c1-8(2)27-14(23)6-20-16(24)12(28-17(20)25)4-9-3-10(18)5-11(19)15(9)26-7-13(21)22/h3-5,8H,6-7H2,1-2H3,(H,21,22)/b12-4-. The number of carboxylic acid groups (broad SMARTS) is 1. The molecule has 0 bridgehead atoms. The second kappa shape index (κ2) is 9.57. The van der Waals surface area contributed by atoms with E-state index in [1.54, 1.807) is 26.0 Å². The van der Waals surface area contributed by atoms with Crippen LogP contribution < -0.4 is 4.74 Å². The number of esters is 1. The fraction of sp³-hybridized carbons (Fsp3) is 0.294. The van der Waals surface area contributed by atoms with E-state index in [1.165, 1.54) is 6.08 Å². The number of carbonyl (C=O) groups is 4. The molecule has 0 unspecified atom stereocenters. The Kier molecular flexibility index (Phi) is 7.67. The molecular formula is C17H15Br2NO7S. The van der Waals surface area contributed by atoms with E-state index in [9.17, 15) is 19.2 Å². The topological polar surface area (TPSA) is 110 Å². The van der Waals surface area contributed by atoms with Gasteiger partial charge in [0.1, 0.15) is 12.3 Å². The van der Waals surface area contributed by atoms with Crippen LogP contribution in [0.15, 0.2) is 26.0 Å². The van der Waals surface area contributed by atoms with Gasteiger partial charge < -0.3 is 14.6 Å². The summed E-state index contributed by atoms with van der Waals surface area (Å²) in [5, 5.41) is 8.24. The number of ether oxygens (including phenoxy) is 2. The smallest absolute Gasteiger partial charge is 0.341 e. The fourth-order valence-electron chi connectivity index (χ4n) is 2.18. The molecule has 0 spiro atoms. The molecule has 1 aliphatic heterocycles. The Morgan fingerprint density at radius 3 is 2.57 bits per heavy atom. The number of hydrogen-bond acceptors (Lipinski definition) is 7. The molecule has 1 saturated heterocycles. The minimum absolute atomic E-state index is 0.0764. The van der Waals surface area contributed by atoms with E-state index in [2.05, 4.69) is 31.9 Å². The summed E-state index contributed by atoms with van der Waals surface area (Å²) in [6.07, 6.45) is 1.04. The molecule has 0 aliphatic carbocycles. The lowest BCUT2D eigenvalue weighted by molar-refractivity contribution is -0.149. The average molecular weight is 537 g/mol. The van der Waals surface area contributed by atoms with Crippen LogP contribution in [-0.4, -0.2) is 52.3 Å². The maximum atomic E-state index is 12.5. The van der Waals surface area contributed by atoms with Gasteiger partial charge in [-0.2, -0.15) is 0 Å². The van der Waals surface area contributed by atoms with Gasteiger partial charge in [-0.25, -0.2) is 4.79 Å². The molecule has 11 heteroatoms. The van der Waals surface area contributed by atoms with Crippen LogP contribution in [0.25, 0.3) is 6.08 Å². The zero-order chi connectivity index (χ0) is 21.0. The first-order chi connectivity index (χ1) is 13.1.